The molecule has 0 aromatic carbocycles. The molecule has 0 spiro atoms. The molecule has 2 rings (SSSR count). The quantitative estimate of drug-likeness (QED) is 0.869. The van der Waals surface area contributed by atoms with E-state index in [1.165, 1.54) is 5.56 Å². The molecule has 0 aliphatic carbocycles. The van der Waals surface area contributed by atoms with E-state index >= 15 is 0 Å². The van der Waals surface area contributed by atoms with Crippen molar-refractivity contribution in [3.63, 3.8) is 0 Å². The fourth-order valence-corrected chi connectivity index (χ4v) is 2.74. The Morgan fingerprint density at radius 3 is 2.65 bits per heavy atom. The van der Waals surface area contributed by atoms with Crippen LogP contribution in [0.5, 0.6) is 0 Å². The van der Waals surface area contributed by atoms with E-state index in [1.54, 1.807) is 0 Å². The maximum absolute atomic E-state index is 5.75. The van der Waals surface area contributed by atoms with Crippen molar-refractivity contribution >= 4 is 0 Å². The van der Waals surface area contributed by atoms with E-state index in [9.17, 15) is 0 Å². The minimum atomic E-state index is 0.306. The maximum atomic E-state index is 5.75. The highest BCUT2D eigenvalue weighted by atomic mass is 16.5. The zero-order valence-corrected chi connectivity index (χ0v) is 13.2. The normalized spacial score (nSPS) is 24.4. The summed E-state index contributed by atoms with van der Waals surface area (Å²) in [5.41, 5.74) is 1.23. The molecule has 0 saturated carbocycles. The molecule has 1 aromatic heterocycles. The van der Waals surface area contributed by atoms with Crippen LogP contribution in [0.15, 0.2) is 16.7 Å². The lowest BCUT2D eigenvalue weighted by Gasteiger charge is -2.34. The van der Waals surface area contributed by atoms with Crippen LogP contribution in [0.25, 0.3) is 0 Å². The molecule has 2 atom stereocenters. The van der Waals surface area contributed by atoms with E-state index in [-0.39, 0.29) is 0 Å². The zero-order valence-electron chi connectivity index (χ0n) is 13.2. The molecule has 1 aromatic rings. The van der Waals surface area contributed by atoms with Crippen molar-refractivity contribution < 1.29 is 9.15 Å². The summed E-state index contributed by atoms with van der Waals surface area (Å²) in [5.74, 6) is 1.73. The summed E-state index contributed by atoms with van der Waals surface area (Å²) in [5, 5.41) is 3.44. The van der Waals surface area contributed by atoms with Gasteiger partial charge in [0.2, 0.25) is 0 Å². The van der Waals surface area contributed by atoms with E-state index in [0.29, 0.717) is 18.1 Å². The molecular formula is C16H28N2O2. The third-order valence-corrected chi connectivity index (χ3v) is 3.46. The molecule has 2 heterocycles. The van der Waals surface area contributed by atoms with Gasteiger partial charge in [-0.2, -0.15) is 0 Å². The molecule has 0 bridgehead atoms. The lowest BCUT2D eigenvalue weighted by atomic mass is 10.2. The van der Waals surface area contributed by atoms with Crippen molar-refractivity contribution in [2.24, 2.45) is 5.92 Å². The van der Waals surface area contributed by atoms with Crippen molar-refractivity contribution in [2.45, 2.75) is 53.0 Å². The Labute approximate surface area is 122 Å². The van der Waals surface area contributed by atoms with Crippen LogP contribution in [0.4, 0.5) is 0 Å². The molecule has 1 aliphatic rings. The Bertz CT molecular complexity index is 393. The minimum absolute atomic E-state index is 0.306. The molecule has 2 unspecified atom stereocenters. The summed E-state index contributed by atoms with van der Waals surface area (Å²) in [7, 11) is 0. The summed E-state index contributed by atoms with van der Waals surface area (Å²) in [4.78, 5) is 2.41. The van der Waals surface area contributed by atoms with Gasteiger partial charge >= 0.3 is 0 Å². The Kier molecular flexibility index (Phi) is 5.64. The van der Waals surface area contributed by atoms with Gasteiger partial charge in [-0.15, -0.1) is 0 Å². The van der Waals surface area contributed by atoms with E-state index in [1.807, 2.05) is 6.26 Å². The van der Waals surface area contributed by atoms with Gasteiger partial charge in [0, 0.05) is 25.2 Å². The van der Waals surface area contributed by atoms with Gasteiger partial charge in [-0.1, -0.05) is 13.8 Å². The smallest absolute Gasteiger partial charge is 0.118 e. The molecule has 20 heavy (non-hydrogen) atoms. The van der Waals surface area contributed by atoms with Crippen LogP contribution in [-0.2, 0) is 17.8 Å². The van der Waals surface area contributed by atoms with Crippen LogP contribution in [0.2, 0.25) is 0 Å². The molecule has 0 amide bonds. The second-order valence-corrected chi connectivity index (χ2v) is 6.40. The van der Waals surface area contributed by atoms with Gasteiger partial charge in [0.1, 0.15) is 5.76 Å². The Hall–Kier alpha value is -0.840. The average molecular weight is 280 g/mol. The van der Waals surface area contributed by atoms with Gasteiger partial charge in [0.05, 0.1) is 25.0 Å². The number of hydrogen-bond acceptors (Lipinski definition) is 4. The van der Waals surface area contributed by atoms with Gasteiger partial charge in [0.25, 0.3) is 0 Å². The van der Waals surface area contributed by atoms with Gasteiger partial charge in [-0.05, 0) is 32.4 Å². The molecule has 114 valence electrons. The van der Waals surface area contributed by atoms with Crippen molar-refractivity contribution in [1.82, 2.24) is 10.2 Å². The Balaban J connectivity index is 1.80. The highest BCUT2D eigenvalue weighted by molar-refractivity contribution is 5.12. The van der Waals surface area contributed by atoms with E-state index in [4.69, 9.17) is 9.15 Å². The predicted octanol–water partition coefficient (Wildman–Crippen LogP) is 2.63. The number of rotatable bonds is 6. The lowest BCUT2D eigenvalue weighted by molar-refractivity contribution is -0.0718. The van der Waals surface area contributed by atoms with Crippen molar-refractivity contribution in [3.8, 4) is 0 Å². The van der Waals surface area contributed by atoms with Crippen molar-refractivity contribution in [2.75, 3.05) is 19.6 Å². The Morgan fingerprint density at radius 1 is 1.30 bits per heavy atom. The predicted molar refractivity (Wildman–Crippen MR) is 80.5 cm³/mol. The second kappa shape index (κ2) is 7.25. The highest BCUT2D eigenvalue weighted by Gasteiger charge is 2.22. The summed E-state index contributed by atoms with van der Waals surface area (Å²) in [6.07, 6.45) is 2.48. The third kappa shape index (κ3) is 4.93. The molecular weight excluding hydrogens is 252 g/mol. The summed E-state index contributed by atoms with van der Waals surface area (Å²) in [6, 6.07) is 2.16. The average Bonchev–Trinajstić information content (AvgIpc) is 2.74. The molecule has 1 fully saturated rings. The van der Waals surface area contributed by atoms with E-state index < -0.39 is 0 Å². The molecule has 4 nitrogen and oxygen atoms in total. The van der Waals surface area contributed by atoms with Crippen LogP contribution >= 0.6 is 0 Å². The summed E-state index contributed by atoms with van der Waals surface area (Å²) >= 11 is 0. The minimum Gasteiger partial charge on any atom is -0.468 e. The SMILES string of the molecule is CC(C)CNCc1coc(CN2CC(C)OC(C)C2)c1. The van der Waals surface area contributed by atoms with Crippen LogP contribution in [0, 0.1) is 5.92 Å². The maximum Gasteiger partial charge on any atom is 0.118 e. The first-order valence-corrected chi connectivity index (χ1v) is 7.67. The number of ether oxygens (including phenoxy) is 1. The molecule has 4 heteroatoms. The van der Waals surface area contributed by atoms with E-state index in [2.05, 4.69) is 44.0 Å². The summed E-state index contributed by atoms with van der Waals surface area (Å²) in [6.45, 7) is 13.5. The zero-order chi connectivity index (χ0) is 14.5. The number of morpholine rings is 1. The fourth-order valence-electron chi connectivity index (χ4n) is 2.74. The molecule has 1 saturated heterocycles. The fraction of sp³-hybridized carbons (Fsp3) is 0.750. The van der Waals surface area contributed by atoms with Crippen LogP contribution in [0.1, 0.15) is 39.0 Å². The first kappa shape index (κ1) is 15.5. The number of nitrogens with zero attached hydrogens (tertiary/aromatic N) is 1. The van der Waals surface area contributed by atoms with Gasteiger partial charge in [0.15, 0.2) is 0 Å². The number of nitrogens with one attached hydrogen (secondary N) is 1. The highest BCUT2D eigenvalue weighted by Crippen LogP contribution is 2.16. The van der Waals surface area contributed by atoms with Crippen LogP contribution < -0.4 is 5.32 Å². The van der Waals surface area contributed by atoms with Crippen molar-refractivity contribution in [1.29, 1.82) is 0 Å². The largest absolute Gasteiger partial charge is 0.468 e. The third-order valence-electron chi connectivity index (χ3n) is 3.46. The second-order valence-electron chi connectivity index (χ2n) is 6.40. The lowest BCUT2D eigenvalue weighted by Crippen LogP contribution is -2.44. The summed E-state index contributed by atoms with van der Waals surface area (Å²) < 4.78 is 11.4. The molecule has 1 N–H and O–H groups in total. The van der Waals surface area contributed by atoms with E-state index in [0.717, 1.165) is 38.5 Å². The monoisotopic (exact) mass is 280 g/mol. The first-order valence-electron chi connectivity index (χ1n) is 7.67. The van der Waals surface area contributed by atoms with Gasteiger partial charge in [-0.3, -0.25) is 4.90 Å². The van der Waals surface area contributed by atoms with Crippen LogP contribution in [-0.4, -0.2) is 36.7 Å². The molecule has 1 aliphatic heterocycles. The van der Waals surface area contributed by atoms with Gasteiger partial charge < -0.3 is 14.5 Å². The number of furan rings is 1. The first-order chi connectivity index (χ1) is 9.52. The van der Waals surface area contributed by atoms with Gasteiger partial charge in [-0.25, -0.2) is 0 Å². The number of hydrogen-bond donors (Lipinski definition) is 1. The van der Waals surface area contributed by atoms with Crippen LogP contribution in [0.3, 0.4) is 0 Å². The topological polar surface area (TPSA) is 37.6 Å². The Morgan fingerprint density at radius 2 is 2.00 bits per heavy atom. The van der Waals surface area contributed by atoms with Crippen molar-refractivity contribution in [3.05, 3.63) is 23.7 Å². The molecule has 0 radical (unpaired) electrons. The standard InChI is InChI=1S/C16H28N2O2/c1-12(2)6-17-7-15-5-16(19-11-15)10-18-8-13(3)20-14(4)9-18/h5,11-14,17H,6-10H2,1-4H3.